The second-order valence-electron chi connectivity index (χ2n) is 8.14. The average molecular weight is 412 g/mol. The molecule has 1 aromatic carbocycles. The third-order valence-corrected chi connectivity index (χ3v) is 6.18. The zero-order valence-corrected chi connectivity index (χ0v) is 17.8. The molecule has 0 bridgehead atoms. The van der Waals surface area contributed by atoms with Crippen LogP contribution >= 0.6 is 0 Å². The summed E-state index contributed by atoms with van der Waals surface area (Å²) in [6.07, 6.45) is 7.59. The molecule has 6 heteroatoms. The molecule has 5 rings (SSSR count). The number of rotatable bonds is 3. The lowest BCUT2D eigenvalue weighted by molar-refractivity contribution is 0.0542. The second kappa shape index (κ2) is 7.96. The van der Waals surface area contributed by atoms with Gasteiger partial charge in [0.15, 0.2) is 0 Å². The van der Waals surface area contributed by atoms with Gasteiger partial charge in [0.05, 0.1) is 23.6 Å². The Morgan fingerprint density at radius 2 is 1.90 bits per heavy atom. The maximum absolute atomic E-state index is 13.2. The van der Waals surface area contributed by atoms with Crippen molar-refractivity contribution in [1.82, 2.24) is 24.2 Å². The Hall–Kier alpha value is -3.51. The number of piperazine rings is 1. The Morgan fingerprint density at radius 3 is 2.71 bits per heavy atom. The summed E-state index contributed by atoms with van der Waals surface area (Å²) in [6, 6.07) is 16.1. The molecule has 3 aromatic heterocycles. The summed E-state index contributed by atoms with van der Waals surface area (Å²) in [5.41, 5.74) is 6.03. The number of amides is 1. The fourth-order valence-corrected chi connectivity index (χ4v) is 4.32. The van der Waals surface area contributed by atoms with Crippen molar-refractivity contribution in [1.29, 1.82) is 0 Å². The summed E-state index contributed by atoms with van der Waals surface area (Å²) in [4.78, 5) is 26.4. The number of imidazole rings is 1. The van der Waals surface area contributed by atoms with E-state index < -0.39 is 0 Å². The van der Waals surface area contributed by atoms with Gasteiger partial charge in [-0.15, -0.1) is 0 Å². The maximum Gasteiger partial charge on any atom is 0.254 e. The predicted molar refractivity (Wildman–Crippen MR) is 121 cm³/mol. The maximum atomic E-state index is 13.2. The van der Waals surface area contributed by atoms with Crippen LogP contribution < -0.4 is 0 Å². The topological polar surface area (TPSA) is 53.7 Å². The van der Waals surface area contributed by atoms with Crippen molar-refractivity contribution in [2.24, 2.45) is 0 Å². The van der Waals surface area contributed by atoms with E-state index in [9.17, 15) is 4.79 Å². The quantitative estimate of drug-likeness (QED) is 0.514. The first-order chi connectivity index (χ1) is 15.1. The number of hydrogen-bond donors (Lipinski definition) is 0. The second-order valence-corrected chi connectivity index (χ2v) is 8.14. The summed E-state index contributed by atoms with van der Waals surface area (Å²) >= 11 is 0. The van der Waals surface area contributed by atoms with Crippen molar-refractivity contribution >= 4 is 11.4 Å². The monoisotopic (exact) mass is 411 g/mol. The summed E-state index contributed by atoms with van der Waals surface area (Å²) in [7, 11) is 2.11. The van der Waals surface area contributed by atoms with Gasteiger partial charge in [-0.25, -0.2) is 4.98 Å². The number of carbonyl (C=O) groups is 1. The third kappa shape index (κ3) is 3.59. The van der Waals surface area contributed by atoms with Crippen LogP contribution in [0, 0.1) is 6.92 Å². The molecule has 1 fully saturated rings. The standard InChI is InChI=1S/C25H25N5O/c1-18-6-3-4-8-21(18)25(31)29-13-12-28(2)23(16-29)24-22-10-9-20(15-30(22)17-27-24)19-7-5-11-26-14-19/h3-11,14-15,17,23H,12-13,16H2,1-2H3. The van der Waals surface area contributed by atoms with Crippen LogP contribution in [0.3, 0.4) is 0 Å². The van der Waals surface area contributed by atoms with E-state index in [4.69, 9.17) is 4.98 Å². The molecule has 1 aliphatic heterocycles. The molecule has 156 valence electrons. The van der Waals surface area contributed by atoms with Crippen molar-refractivity contribution in [3.63, 3.8) is 0 Å². The van der Waals surface area contributed by atoms with Crippen LogP contribution in [0.15, 0.2) is 73.4 Å². The molecule has 1 amide bonds. The van der Waals surface area contributed by atoms with Gasteiger partial charge in [0.1, 0.15) is 0 Å². The molecule has 6 nitrogen and oxygen atoms in total. The fourth-order valence-electron chi connectivity index (χ4n) is 4.32. The van der Waals surface area contributed by atoms with Crippen LogP contribution in [0.1, 0.15) is 27.7 Å². The van der Waals surface area contributed by atoms with Crippen molar-refractivity contribution in [3.05, 3.63) is 90.3 Å². The van der Waals surface area contributed by atoms with Crippen LogP contribution in [-0.4, -0.2) is 56.8 Å². The minimum Gasteiger partial charge on any atom is -0.335 e. The molecule has 0 N–H and O–H groups in total. The highest BCUT2D eigenvalue weighted by Gasteiger charge is 2.31. The highest BCUT2D eigenvalue weighted by Crippen LogP contribution is 2.29. The predicted octanol–water partition coefficient (Wildman–Crippen LogP) is 3.83. The smallest absolute Gasteiger partial charge is 0.254 e. The molecule has 0 radical (unpaired) electrons. The van der Waals surface area contributed by atoms with Gasteiger partial charge in [0.25, 0.3) is 5.91 Å². The summed E-state index contributed by atoms with van der Waals surface area (Å²) in [5.74, 6) is 0.0959. The normalized spacial score (nSPS) is 17.2. The number of hydrogen-bond acceptors (Lipinski definition) is 4. The Bertz CT molecular complexity index is 1230. The average Bonchev–Trinajstić information content (AvgIpc) is 3.23. The van der Waals surface area contributed by atoms with Crippen molar-refractivity contribution in [2.75, 3.05) is 26.7 Å². The lowest BCUT2D eigenvalue weighted by Gasteiger charge is -2.39. The molecule has 1 atom stereocenters. The van der Waals surface area contributed by atoms with E-state index in [0.29, 0.717) is 6.54 Å². The van der Waals surface area contributed by atoms with Gasteiger partial charge >= 0.3 is 0 Å². The highest BCUT2D eigenvalue weighted by atomic mass is 16.2. The summed E-state index contributed by atoms with van der Waals surface area (Å²) < 4.78 is 2.06. The highest BCUT2D eigenvalue weighted by molar-refractivity contribution is 5.95. The van der Waals surface area contributed by atoms with Gasteiger partial charge in [-0.05, 0) is 43.3 Å². The Balaban J connectivity index is 1.44. The molecule has 4 heterocycles. The number of nitrogens with zero attached hydrogens (tertiary/aromatic N) is 5. The van der Waals surface area contributed by atoms with Crippen LogP contribution in [0.25, 0.3) is 16.6 Å². The SMILES string of the molecule is Cc1ccccc1C(=O)N1CCN(C)C(c2ncn3cc(-c4cccnc4)ccc23)C1. The van der Waals surface area contributed by atoms with Crippen LogP contribution in [0.4, 0.5) is 0 Å². The summed E-state index contributed by atoms with van der Waals surface area (Å²) in [6.45, 7) is 4.15. The molecule has 0 aliphatic carbocycles. The number of fused-ring (bicyclic) bond motifs is 1. The number of aromatic nitrogens is 3. The third-order valence-electron chi connectivity index (χ3n) is 6.18. The number of benzene rings is 1. The molecule has 4 aromatic rings. The van der Waals surface area contributed by atoms with E-state index in [1.54, 1.807) is 6.20 Å². The largest absolute Gasteiger partial charge is 0.335 e. The lowest BCUT2D eigenvalue weighted by Crippen LogP contribution is -2.49. The Kier molecular flexibility index (Phi) is 5.00. The molecule has 1 saturated heterocycles. The van der Waals surface area contributed by atoms with Gasteiger partial charge in [-0.1, -0.05) is 30.3 Å². The molecule has 0 spiro atoms. The zero-order valence-electron chi connectivity index (χ0n) is 17.8. The minimum atomic E-state index is 0.0518. The molecule has 31 heavy (non-hydrogen) atoms. The van der Waals surface area contributed by atoms with E-state index in [1.807, 2.05) is 54.7 Å². The van der Waals surface area contributed by atoms with Crippen LogP contribution in [0.2, 0.25) is 0 Å². The number of carbonyl (C=O) groups excluding carboxylic acids is 1. The number of aryl methyl sites for hydroxylation is 1. The van der Waals surface area contributed by atoms with Crippen molar-refractivity contribution in [2.45, 2.75) is 13.0 Å². The lowest BCUT2D eigenvalue weighted by atomic mass is 10.0. The first-order valence-electron chi connectivity index (χ1n) is 10.5. The van der Waals surface area contributed by atoms with E-state index >= 15 is 0 Å². The van der Waals surface area contributed by atoms with Gasteiger partial charge in [0.2, 0.25) is 0 Å². The molecule has 0 saturated carbocycles. The van der Waals surface area contributed by atoms with Crippen LogP contribution in [-0.2, 0) is 0 Å². The Morgan fingerprint density at radius 1 is 1.03 bits per heavy atom. The van der Waals surface area contributed by atoms with Gasteiger partial charge in [-0.2, -0.15) is 0 Å². The minimum absolute atomic E-state index is 0.0518. The number of pyridine rings is 2. The van der Waals surface area contributed by atoms with E-state index in [-0.39, 0.29) is 11.9 Å². The van der Waals surface area contributed by atoms with E-state index in [2.05, 4.69) is 45.7 Å². The summed E-state index contributed by atoms with van der Waals surface area (Å²) in [5, 5.41) is 0. The first-order valence-corrected chi connectivity index (χ1v) is 10.5. The molecular formula is C25H25N5O. The fraction of sp³-hybridized carbons (Fsp3) is 0.240. The first kappa shape index (κ1) is 19.5. The van der Waals surface area contributed by atoms with Crippen molar-refractivity contribution in [3.8, 4) is 11.1 Å². The van der Waals surface area contributed by atoms with E-state index in [1.165, 1.54) is 0 Å². The van der Waals surface area contributed by atoms with Gasteiger partial charge in [0, 0.05) is 49.4 Å². The van der Waals surface area contributed by atoms with Crippen molar-refractivity contribution < 1.29 is 4.79 Å². The Labute approximate surface area is 181 Å². The molecule has 1 unspecified atom stereocenters. The van der Waals surface area contributed by atoms with Gasteiger partial charge in [-0.3, -0.25) is 14.7 Å². The zero-order chi connectivity index (χ0) is 21.4. The molecular weight excluding hydrogens is 386 g/mol. The van der Waals surface area contributed by atoms with E-state index in [0.717, 1.165) is 46.6 Å². The van der Waals surface area contributed by atoms with Crippen LogP contribution in [0.5, 0.6) is 0 Å². The molecule has 1 aliphatic rings. The number of likely N-dealkylation sites (N-methyl/N-ethyl adjacent to an activating group) is 1. The van der Waals surface area contributed by atoms with Gasteiger partial charge < -0.3 is 9.30 Å².